The first kappa shape index (κ1) is 9.00. The predicted molar refractivity (Wildman–Crippen MR) is 54.8 cm³/mol. The number of carbonyl (C=O) groups is 1. The largest absolute Gasteiger partial charge is 0.493 e. The van der Waals surface area contributed by atoms with Crippen LogP contribution in [0.5, 0.6) is 5.75 Å². The fraction of sp³-hybridized carbons (Fsp3) is 0.250. The van der Waals surface area contributed by atoms with Crippen LogP contribution >= 0.6 is 0 Å². The molecule has 0 fully saturated rings. The maximum Gasteiger partial charge on any atom is 0.166 e. The predicted octanol–water partition coefficient (Wildman–Crippen LogP) is 2.38. The number of ketones is 1. The molecule has 1 aliphatic heterocycles. The van der Waals surface area contributed by atoms with E-state index in [1.54, 1.807) is 6.08 Å². The Hall–Kier alpha value is -1.57. The lowest BCUT2D eigenvalue weighted by molar-refractivity contribution is 0.0996. The topological polar surface area (TPSA) is 26.3 Å². The van der Waals surface area contributed by atoms with Crippen LogP contribution in [0.1, 0.15) is 22.3 Å². The van der Waals surface area contributed by atoms with Crippen molar-refractivity contribution in [3.8, 4) is 5.75 Å². The van der Waals surface area contributed by atoms with Crippen molar-refractivity contribution in [2.24, 2.45) is 0 Å². The molecule has 0 bridgehead atoms. The van der Waals surface area contributed by atoms with E-state index < -0.39 is 0 Å². The van der Waals surface area contributed by atoms with Crippen LogP contribution in [0, 0.1) is 0 Å². The van der Waals surface area contributed by atoms with E-state index >= 15 is 0 Å². The summed E-state index contributed by atoms with van der Waals surface area (Å²) >= 11 is 0. The molecule has 1 aromatic carbocycles. The van der Waals surface area contributed by atoms with Gasteiger partial charge in [-0.25, -0.2) is 0 Å². The molecule has 0 unspecified atom stereocenters. The number of Topliss-reactive ketones (excluding diaryl/α,β-unsaturated/α-hetero) is 1. The molecule has 0 saturated carbocycles. The quantitative estimate of drug-likeness (QED) is 0.537. The van der Waals surface area contributed by atoms with Crippen LogP contribution in [-0.4, -0.2) is 12.4 Å². The van der Waals surface area contributed by atoms with E-state index in [9.17, 15) is 4.79 Å². The van der Waals surface area contributed by atoms with Gasteiger partial charge in [-0.3, -0.25) is 4.79 Å². The molecule has 2 rings (SSSR count). The average molecular weight is 188 g/mol. The van der Waals surface area contributed by atoms with E-state index in [0.717, 1.165) is 29.9 Å². The first-order valence-corrected chi connectivity index (χ1v) is 4.71. The van der Waals surface area contributed by atoms with Crippen molar-refractivity contribution in [2.45, 2.75) is 12.8 Å². The summed E-state index contributed by atoms with van der Waals surface area (Å²) in [7, 11) is 0. The fourth-order valence-corrected chi connectivity index (χ4v) is 1.61. The minimum absolute atomic E-state index is 0.120. The van der Waals surface area contributed by atoms with Gasteiger partial charge in [0.25, 0.3) is 0 Å². The van der Waals surface area contributed by atoms with Gasteiger partial charge in [0.15, 0.2) is 5.78 Å². The third-order valence-corrected chi connectivity index (χ3v) is 2.34. The molecule has 14 heavy (non-hydrogen) atoms. The standard InChI is InChI=1S/C12H12O2/c1-2-3-11(13)9-4-5-12-10(8-9)6-7-14-12/h2,4-5,8H,1,3,6-7H2. The minimum atomic E-state index is 0.120. The SMILES string of the molecule is C=CCC(=O)c1ccc2c(c1)CCO2. The number of fused-ring (bicyclic) bond motifs is 1. The summed E-state index contributed by atoms with van der Waals surface area (Å²) in [6.07, 6.45) is 2.94. The number of carbonyl (C=O) groups excluding carboxylic acids is 1. The monoisotopic (exact) mass is 188 g/mol. The van der Waals surface area contributed by atoms with Crippen LogP contribution in [0.25, 0.3) is 0 Å². The summed E-state index contributed by atoms with van der Waals surface area (Å²) in [5, 5.41) is 0. The Labute approximate surface area is 83.2 Å². The summed E-state index contributed by atoms with van der Waals surface area (Å²) in [4.78, 5) is 11.5. The zero-order valence-electron chi connectivity index (χ0n) is 7.95. The molecular formula is C12H12O2. The molecule has 1 aromatic rings. The summed E-state index contributed by atoms with van der Waals surface area (Å²) in [5.41, 5.74) is 1.90. The lowest BCUT2D eigenvalue weighted by Gasteiger charge is -2.01. The molecule has 2 nitrogen and oxygen atoms in total. The second kappa shape index (κ2) is 3.66. The van der Waals surface area contributed by atoms with Gasteiger partial charge in [-0.15, -0.1) is 6.58 Å². The van der Waals surface area contributed by atoms with E-state index in [2.05, 4.69) is 6.58 Å². The highest BCUT2D eigenvalue weighted by molar-refractivity contribution is 5.97. The van der Waals surface area contributed by atoms with Crippen molar-refractivity contribution >= 4 is 5.78 Å². The van der Waals surface area contributed by atoms with Gasteiger partial charge in [0.05, 0.1) is 6.61 Å². The Morgan fingerprint density at radius 2 is 2.43 bits per heavy atom. The molecule has 0 aromatic heterocycles. The second-order valence-electron chi connectivity index (χ2n) is 3.34. The molecule has 0 radical (unpaired) electrons. The average Bonchev–Trinajstić information content (AvgIpc) is 2.64. The maximum atomic E-state index is 11.5. The molecule has 0 amide bonds. The first-order chi connectivity index (χ1) is 6.81. The summed E-state index contributed by atoms with van der Waals surface area (Å²) in [6.45, 7) is 4.28. The molecule has 0 saturated heterocycles. The van der Waals surface area contributed by atoms with E-state index in [1.165, 1.54) is 0 Å². The molecule has 0 spiro atoms. The van der Waals surface area contributed by atoms with Gasteiger partial charge in [0.1, 0.15) is 5.75 Å². The molecule has 0 aliphatic carbocycles. The number of hydrogen-bond acceptors (Lipinski definition) is 2. The van der Waals surface area contributed by atoms with Gasteiger partial charge >= 0.3 is 0 Å². The van der Waals surface area contributed by atoms with Gasteiger partial charge in [-0.2, -0.15) is 0 Å². The first-order valence-electron chi connectivity index (χ1n) is 4.71. The fourth-order valence-electron chi connectivity index (χ4n) is 1.61. The van der Waals surface area contributed by atoms with Crippen molar-refractivity contribution in [2.75, 3.05) is 6.61 Å². The molecule has 72 valence electrons. The highest BCUT2D eigenvalue weighted by Crippen LogP contribution is 2.26. The molecular weight excluding hydrogens is 176 g/mol. The van der Waals surface area contributed by atoms with Crippen molar-refractivity contribution in [1.82, 2.24) is 0 Å². The summed E-state index contributed by atoms with van der Waals surface area (Å²) in [6, 6.07) is 5.61. The highest BCUT2D eigenvalue weighted by Gasteiger charge is 2.13. The summed E-state index contributed by atoms with van der Waals surface area (Å²) in [5.74, 6) is 1.04. The Bertz CT molecular complexity index is 380. The van der Waals surface area contributed by atoms with Crippen LogP contribution in [0.15, 0.2) is 30.9 Å². The Morgan fingerprint density at radius 3 is 3.21 bits per heavy atom. The van der Waals surface area contributed by atoms with Gasteiger partial charge in [-0.05, 0) is 23.8 Å². The lowest BCUT2D eigenvalue weighted by atomic mass is 10.0. The number of benzene rings is 1. The molecule has 0 N–H and O–H groups in total. The van der Waals surface area contributed by atoms with E-state index in [1.807, 2.05) is 18.2 Å². The Morgan fingerprint density at radius 1 is 1.57 bits per heavy atom. The van der Waals surface area contributed by atoms with Crippen LogP contribution in [0.3, 0.4) is 0 Å². The minimum Gasteiger partial charge on any atom is -0.493 e. The smallest absolute Gasteiger partial charge is 0.166 e. The van der Waals surface area contributed by atoms with Gasteiger partial charge < -0.3 is 4.74 Å². The molecule has 1 heterocycles. The zero-order valence-corrected chi connectivity index (χ0v) is 7.95. The highest BCUT2D eigenvalue weighted by atomic mass is 16.5. The third kappa shape index (κ3) is 1.55. The normalized spacial score (nSPS) is 13.1. The number of ether oxygens (including phenoxy) is 1. The zero-order chi connectivity index (χ0) is 9.97. The van der Waals surface area contributed by atoms with Crippen LogP contribution < -0.4 is 4.74 Å². The van der Waals surface area contributed by atoms with E-state index in [4.69, 9.17) is 4.74 Å². The van der Waals surface area contributed by atoms with E-state index in [0.29, 0.717) is 6.42 Å². The molecule has 1 aliphatic rings. The van der Waals surface area contributed by atoms with Crippen LogP contribution in [0.2, 0.25) is 0 Å². The van der Waals surface area contributed by atoms with Crippen molar-refractivity contribution in [3.63, 3.8) is 0 Å². The Kier molecular flexibility index (Phi) is 2.35. The van der Waals surface area contributed by atoms with Gasteiger partial charge in [0, 0.05) is 18.4 Å². The lowest BCUT2D eigenvalue weighted by Crippen LogP contribution is -1.97. The summed E-state index contributed by atoms with van der Waals surface area (Å²) < 4.78 is 5.36. The number of hydrogen-bond donors (Lipinski definition) is 0. The van der Waals surface area contributed by atoms with Gasteiger partial charge in [0.2, 0.25) is 0 Å². The van der Waals surface area contributed by atoms with E-state index in [-0.39, 0.29) is 5.78 Å². The molecule has 2 heteroatoms. The van der Waals surface area contributed by atoms with Crippen LogP contribution in [-0.2, 0) is 6.42 Å². The molecule has 0 atom stereocenters. The van der Waals surface area contributed by atoms with Crippen LogP contribution in [0.4, 0.5) is 0 Å². The van der Waals surface area contributed by atoms with Crippen molar-refractivity contribution in [3.05, 3.63) is 42.0 Å². The van der Waals surface area contributed by atoms with Crippen molar-refractivity contribution < 1.29 is 9.53 Å². The van der Waals surface area contributed by atoms with Gasteiger partial charge in [-0.1, -0.05) is 6.08 Å². The second-order valence-corrected chi connectivity index (χ2v) is 3.34. The maximum absolute atomic E-state index is 11.5. The third-order valence-electron chi connectivity index (χ3n) is 2.34. The number of rotatable bonds is 3. The Balaban J connectivity index is 2.28. The number of allylic oxidation sites excluding steroid dienone is 1. The van der Waals surface area contributed by atoms with Crippen molar-refractivity contribution in [1.29, 1.82) is 0 Å².